The highest BCUT2D eigenvalue weighted by atomic mass is 35.5. The zero-order chi connectivity index (χ0) is 15.2. The van der Waals surface area contributed by atoms with Crippen LogP contribution < -0.4 is 4.74 Å². The number of hydrogen-bond acceptors (Lipinski definition) is 4. The summed E-state index contributed by atoms with van der Waals surface area (Å²) in [6.07, 6.45) is 2.29. The van der Waals surface area contributed by atoms with Crippen LogP contribution in [0.3, 0.4) is 0 Å². The van der Waals surface area contributed by atoms with Crippen molar-refractivity contribution in [3.8, 4) is 5.75 Å². The van der Waals surface area contributed by atoms with E-state index >= 15 is 0 Å². The summed E-state index contributed by atoms with van der Waals surface area (Å²) in [6, 6.07) is 5.18. The van der Waals surface area contributed by atoms with Crippen LogP contribution in [0.25, 0.3) is 0 Å². The summed E-state index contributed by atoms with van der Waals surface area (Å²) < 4.78 is 10.3. The van der Waals surface area contributed by atoms with E-state index in [0.717, 1.165) is 26.1 Å². The molecule has 1 aromatic rings. The van der Waals surface area contributed by atoms with E-state index < -0.39 is 0 Å². The molecule has 1 saturated heterocycles. The lowest BCUT2D eigenvalue weighted by atomic mass is 9.98. The van der Waals surface area contributed by atoms with Crippen molar-refractivity contribution < 1.29 is 14.3 Å². The van der Waals surface area contributed by atoms with Crippen LogP contribution in [-0.2, 0) is 4.74 Å². The maximum absolute atomic E-state index is 12.4. The van der Waals surface area contributed by atoms with Crippen LogP contribution in [0.1, 0.15) is 23.2 Å². The van der Waals surface area contributed by atoms with Crippen LogP contribution in [0.5, 0.6) is 5.75 Å². The summed E-state index contributed by atoms with van der Waals surface area (Å²) in [5.41, 5.74) is 0.634. The van der Waals surface area contributed by atoms with Crippen molar-refractivity contribution in [1.29, 1.82) is 0 Å². The maximum atomic E-state index is 12.4. The molecule has 0 aromatic heterocycles. The van der Waals surface area contributed by atoms with Gasteiger partial charge in [0.1, 0.15) is 5.75 Å². The summed E-state index contributed by atoms with van der Waals surface area (Å²) in [6.45, 7) is 3.08. The summed E-state index contributed by atoms with van der Waals surface area (Å²) in [4.78, 5) is 14.6. The van der Waals surface area contributed by atoms with Gasteiger partial charge in [0.15, 0.2) is 5.78 Å². The molecule has 0 saturated carbocycles. The first kappa shape index (κ1) is 16.3. The molecular weight excluding hydrogens is 290 g/mol. The number of Topliss-reactive ketones (excluding diaryl/α,β-unsaturated/α-hetero) is 1. The number of carbonyl (C=O) groups excluding carboxylic acids is 1. The van der Waals surface area contributed by atoms with Crippen LogP contribution in [0.4, 0.5) is 0 Å². The van der Waals surface area contributed by atoms with Crippen LogP contribution in [0.15, 0.2) is 18.2 Å². The lowest BCUT2D eigenvalue weighted by Crippen LogP contribution is -2.40. The molecule has 0 aliphatic carbocycles. The van der Waals surface area contributed by atoms with Gasteiger partial charge in [-0.2, -0.15) is 0 Å². The fourth-order valence-electron chi connectivity index (χ4n) is 2.80. The van der Waals surface area contributed by atoms with E-state index in [1.807, 2.05) is 0 Å². The van der Waals surface area contributed by atoms with Crippen LogP contribution >= 0.6 is 11.6 Å². The number of carbonyl (C=O) groups is 1. The van der Waals surface area contributed by atoms with Crippen molar-refractivity contribution in [2.45, 2.75) is 12.8 Å². The van der Waals surface area contributed by atoms with Gasteiger partial charge in [0.2, 0.25) is 0 Å². The molecule has 0 amide bonds. The summed E-state index contributed by atoms with van der Waals surface area (Å²) in [5, 5.41) is 0.472. The van der Waals surface area contributed by atoms with Gasteiger partial charge in [0, 0.05) is 19.2 Å². The second kappa shape index (κ2) is 7.78. The summed E-state index contributed by atoms with van der Waals surface area (Å²) in [7, 11) is 3.29. The van der Waals surface area contributed by atoms with Crippen molar-refractivity contribution in [2.24, 2.45) is 5.92 Å². The molecule has 1 aliphatic heterocycles. The monoisotopic (exact) mass is 311 g/mol. The van der Waals surface area contributed by atoms with Gasteiger partial charge in [-0.05, 0) is 43.5 Å². The lowest BCUT2D eigenvalue weighted by Gasteiger charge is -2.31. The highest BCUT2D eigenvalue weighted by Gasteiger charge is 2.22. The first-order chi connectivity index (χ1) is 10.1. The summed E-state index contributed by atoms with van der Waals surface area (Å²) in [5.74, 6) is 1.21. The van der Waals surface area contributed by atoms with Crippen molar-refractivity contribution in [1.82, 2.24) is 4.90 Å². The van der Waals surface area contributed by atoms with E-state index in [0.29, 0.717) is 28.8 Å². The zero-order valence-electron chi connectivity index (χ0n) is 12.6. The number of methoxy groups -OCH3 is 2. The number of rotatable bonds is 6. The van der Waals surface area contributed by atoms with Gasteiger partial charge in [-0.1, -0.05) is 11.6 Å². The van der Waals surface area contributed by atoms with Gasteiger partial charge in [-0.15, -0.1) is 0 Å². The number of hydrogen-bond donors (Lipinski definition) is 0. The normalized spacial score (nSPS) is 19.5. The Morgan fingerprint density at radius 1 is 1.43 bits per heavy atom. The quantitative estimate of drug-likeness (QED) is 0.757. The Morgan fingerprint density at radius 2 is 2.24 bits per heavy atom. The zero-order valence-corrected chi connectivity index (χ0v) is 13.4. The van der Waals surface area contributed by atoms with E-state index in [4.69, 9.17) is 21.1 Å². The van der Waals surface area contributed by atoms with E-state index in [9.17, 15) is 4.79 Å². The van der Waals surface area contributed by atoms with Gasteiger partial charge < -0.3 is 9.47 Å². The lowest BCUT2D eigenvalue weighted by molar-refractivity contribution is 0.0758. The average Bonchev–Trinajstić information content (AvgIpc) is 2.48. The molecule has 1 aromatic carbocycles. The molecule has 2 rings (SSSR count). The molecule has 1 atom stereocenters. The fraction of sp³-hybridized carbons (Fsp3) is 0.562. The topological polar surface area (TPSA) is 38.8 Å². The second-order valence-corrected chi connectivity index (χ2v) is 5.88. The highest BCUT2D eigenvalue weighted by Crippen LogP contribution is 2.25. The third-order valence-electron chi connectivity index (χ3n) is 3.85. The van der Waals surface area contributed by atoms with E-state index in [1.165, 1.54) is 6.42 Å². The van der Waals surface area contributed by atoms with E-state index in [1.54, 1.807) is 32.4 Å². The van der Waals surface area contributed by atoms with Gasteiger partial charge in [0.25, 0.3) is 0 Å². The number of halogens is 1. The standard InChI is InChI=1S/C16H22ClNO3/c1-20-11-12-4-3-7-18(9-12)10-15(19)13-5-6-16(21-2)14(17)8-13/h5-6,8,12H,3-4,7,9-11H2,1-2H3. The minimum atomic E-state index is 0.0950. The van der Waals surface area contributed by atoms with Crippen LogP contribution in [0, 0.1) is 5.92 Å². The molecule has 0 N–H and O–H groups in total. The van der Waals surface area contributed by atoms with Crippen LogP contribution in [0.2, 0.25) is 5.02 Å². The Hall–Kier alpha value is -1.10. The number of ketones is 1. The fourth-order valence-corrected chi connectivity index (χ4v) is 3.06. The average molecular weight is 312 g/mol. The predicted molar refractivity (Wildman–Crippen MR) is 83.4 cm³/mol. The predicted octanol–water partition coefficient (Wildman–Crippen LogP) is 2.89. The van der Waals surface area contributed by atoms with Gasteiger partial charge >= 0.3 is 0 Å². The molecule has 0 spiro atoms. The third kappa shape index (κ3) is 4.43. The van der Waals surface area contributed by atoms with Crippen molar-refractivity contribution >= 4 is 17.4 Å². The third-order valence-corrected chi connectivity index (χ3v) is 4.14. The molecule has 5 heteroatoms. The van der Waals surface area contributed by atoms with Crippen molar-refractivity contribution in [3.63, 3.8) is 0 Å². The largest absolute Gasteiger partial charge is 0.495 e. The Bertz CT molecular complexity index is 490. The van der Waals surface area contributed by atoms with Crippen LogP contribution in [-0.4, -0.2) is 51.1 Å². The number of likely N-dealkylation sites (tertiary alicyclic amines) is 1. The molecule has 116 valence electrons. The number of ether oxygens (including phenoxy) is 2. The Morgan fingerprint density at radius 3 is 2.90 bits per heavy atom. The summed E-state index contributed by atoms with van der Waals surface area (Å²) >= 11 is 6.07. The Balaban J connectivity index is 1.96. The molecule has 1 fully saturated rings. The number of benzene rings is 1. The van der Waals surface area contributed by atoms with E-state index in [2.05, 4.69) is 4.90 Å². The molecule has 0 radical (unpaired) electrons. The number of piperidine rings is 1. The molecule has 4 nitrogen and oxygen atoms in total. The number of nitrogens with zero attached hydrogens (tertiary/aromatic N) is 1. The highest BCUT2D eigenvalue weighted by molar-refractivity contribution is 6.32. The molecule has 1 heterocycles. The van der Waals surface area contributed by atoms with Gasteiger partial charge in [-0.3, -0.25) is 9.69 Å². The molecule has 1 aliphatic rings. The molecular formula is C16H22ClNO3. The smallest absolute Gasteiger partial charge is 0.176 e. The van der Waals surface area contributed by atoms with Crippen molar-refractivity contribution in [3.05, 3.63) is 28.8 Å². The molecule has 21 heavy (non-hydrogen) atoms. The SMILES string of the molecule is COCC1CCCN(CC(=O)c2ccc(OC)c(Cl)c2)C1. The first-order valence-electron chi connectivity index (χ1n) is 7.22. The first-order valence-corrected chi connectivity index (χ1v) is 7.60. The molecule has 1 unspecified atom stereocenters. The second-order valence-electron chi connectivity index (χ2n) is 5.47. The maximum Gasteiger partial charge on any atom is 0.176 e. The Labute approximate surface area is 131 Å². The minimum absolute atomic E-state index is 0.0950. The molecule has 0 bridgehead atoms. The van der Waals surface area contributed by atoms with Gasteiger partial charge in [-0.25, -0.2) is 0 Å². The minimum Gasteiger partial charge on any atom is -0.495 e. The Kier molecular flexibility index (Phi) is 6.03. The van der Waals surface area contributed by atoms with Crippen molar-refractivity contribution in [2.75, 3.05) is 40.5 Å². The van der Waals surface area contributed by atoms with E-state index in [-0.39, 0.29) is 5.78 Å². The van der Waals surface area contributed by atoms with Gasteiger partial charge in [0.05, 0.1) is 25.3 Å².